The third kappa shape index (κ3) is 4.96. The fraction of sp³-hybridized carbons (Fsp3) is 0.103. The van der Waals surface area contributed by atoms with Crippen LogP contribution in [0.3, 0.4) is 0 Å². The van der Waals surface area contributed by atoms with Crippen LogP contribution in [0.5, 0.6) is 0 Å². The molecule has 4 aromatic rings. The van der Waals surface area contributed by atoms with Crippen LogP contribution in [-0.2, 0) is 21.2 Å². The molecule has 2 amide bonds. The highest BCUT2D eigenvalue weighted by Gasteiger charge is 2.35. The Morgan fingerprint density at radius 3 is 2.19 bits per heavy atom. The van der Waals surface area contributed by atoms with E-state index in [1.165, 1.54) is 0 Å². The Hall–Kier alpha value is -4.43. The minimum absolute atomic E-state index is 0.152. The average Bonchev–Trinajstić information content (AvgIpc) is 2.92. The zero-order chi connectivity index (χ0) is 25.8. The summed E-state index contributed by atoms with van der Waals surface area (Å²) in [6, 6.07) is 30.3. The molecule has 0 spiro atoms. The summed E-state index contributed by atoms with van der Waals surface area (Å²) >= 11 is 0. The molecule has 0 unspecified atom stereocenters. The molecule has 37 heavy (non-hydrogen) atoms. The van der Waals surface area contributed by atoms with Gasteiger partial charge >= 0.3 is 0 Å². The van der Waals surface area contributed by atoms with Gasteiger partial charge in [-0.2, -0.15) is 0 Å². The molecule has 2 N–H and O–H groups in total. The number of hydrogen-bond donors (Lipinski definition) is 2. The number of nitrogens with one attached hydrogen (secondary N) is 2. The first kappa shape index (κ1) is 24.3. The van der Waals surface area contributed by atoms with Gasteiger partial charge in [0.2, 0.25) is 5.91 Å². The number of rotatable bonds is 7. The van der Waals surface area contributed by atoms with E-state index in [0.29, 0.717) is 35.5 Å². The molecule has 5 rings (SSSR count). The van der Waals surface area contributed by atoms with E-state index in [2.05, 4.69) is 10.6 Å². The monoisotopic (exact) mass is 511 g/mol. The number of fused-ring (bicyclic) bond motifs is 3. The van der Waals surface area contributed by atoms with Crippen molar-refractivity contribution in [2.45, 2.75) is 11.3 Å². The number of anilines is 2. The first-order chi connectivity index (χ1) is 17.9. The van der Waals surface area contributed by atoms with Crippen LogP contribution in [0.1, 0.15) is 15.9 Å². The zero-order valence-electron chi connectivity index (χ0n) is 19.9. The molecule has 4 aromatic carbocycles. The van der Waals surface area contributed by atoms with Gasteiger partial charge in [-0.25, -0.2) is 8.42 Å². The van der Waals surface area contributed by atoms with Crippen molar-refractivity contribution in [2.75, 3.05) is 22.7 Å². The molecular formula is C29H25N3O4S. The summed E-state index contributed by atoms with van der Waals surface area (Å²) in [7, 11) is -3.96. The summed E-state index contributed by atoms with van der Waals surface area (Å²) in [5, 5.41) is 5.62. The van der Waals surface area contributed by atoms with E-state index in [4.69, 9.17) is 0 Å². The highest BCUT2D eigenvalue weighted by molar-refractivity contribution is 7.93. The van der Waals surface area contributed by atoms with Crippen LogP contribution in [0, 0.1) is 0 Å². The molecule has 0 fully saturated rings. The van der Waals surface area contributed by atoms with Gasteiger partial charge in [0.25, 0.3) is 15.9 Å². The van der Waals surface area contributed by atoms with Gasteiger partial charge in [0, 0.05) is 17.7 Å². The third-order valence-corrected chi connectivity index (χ3v) is 8.01. The number of nitrogens with zero attached hydrogens (tertiary/aromatic N) is 1. The van der Waals surface area contributed by atoms with Crippen LogP contribution in [-0.4, -0.2) is 33.3 Å². The maximum atomic E-state index is 13.4. The molecule has 0 atom stereocenters. The fourth-order valence-corrected chi connectivity index (χ4v) is 6.07. The quantitative estimate of drug-likeness (QED) is 0.383. The first-order valence-corrected chi connectivity index (χ1v) is 13.3. The molecule has 0 bridgehead atoms. The Bertz CT molecular complexity index is 1570. The van der Waals surface area contributed by atoms with Crippen LogP contribution in [0.15, 0.2) is 108 Å². The lowest BCUT2D eigenvalue weighted by Crippen LogP contribution is -2.40. The Morgan fingerprint density at radius 1 is 0.730 bits per heavy atom. The second-order valence-electron chi connectivity index (χ2n) is 8.61. The summed E-state index contributed by atoms with van der Waals surface area (Å²) in [5.41, 5.74) is 3.49. The second kappa shape index (κ2) is 10.3. The Morgan fingerprint density at radius 2 is 1.38 bits per heavy atom. The van der Waals surface area contributed by atoms with Crippen LogP contribution in [0.25, 0.3) is 11.1 Å². The summed E-state index contributed by atoms with van der Waals surface area (Å²) < 4.78 is 28.0. The van der Waals surface area contributed by atoms with Gasteiger partial charge in [0.1, 0.15) is 6.54 Å². The van der Waals surface area contributed by atoms with Crippen molar-refractivity contribution < 1.29 is 18.0 Å². The van der Waals surface area contributed by atoms with E-state index in [1.54, 1.807) is 60.7 Å². The van der Waals surface area contributed by atoms with Crippen LogP contribution >= 0.6 is 0 Å². The largest absolute Gasteiger partial charge is 0.352 e. The lowest BCUT2D eigenvalue weighted by atomic mass is 10.0. The molecule has 1 aliphatic rings. The van der Waals surface area contributed by atoms with Crippen LogP contribution in [0.2, 0.25) is 0 Å². The van der Waals surface area contributed by atoms with Gasteiger partial charge in [0.05, 0.1) is 21.8 Å². The van der Waals surface area contributed by atoms with Crippen molar-refractivity contribution in [3.63, 3.8) is 0 Å². The molecule has 186 valence electrons. The average molecular weight is 512 g/mol. The maximum absolute atomic E-state index is 13.4. The highest BCUT2D eigenvalue weighted by Crippen LogP contribution is 2.42. The number of para-hydroxylation sites is 2. The number of benzene rings is 4. The van der Waals surface area contributed by atoms with E-state index in [-0.39, 0.29) is 10.8 Å². The van der Waals surface area contributed by atoms with Crippen molar-refractivity contribution in [3.05, 3.63) is 114 Å². The molecule has 0 radical (unpaired) electrons. The van der Waals surface area contributed by atoms with Gasteiger partial charge in [-0.3, -0.25) is 13.9 Å². The van der Waals surface area contributed by atoms with Gasteiger partial charge in [-0.15, -0.1) is 0 Å². The SMILES string of the molecule is O=C(CN1c2ccccc2-c2ccccc2S1(=O)=O)Nc1ccccc1C(=O)NCCc1ccccc1. The van der Waals surface area contributed by atoms with Crippen molar-refractivity contribution in [3.8, 4) is 11.1 Å². The molecule has 0 saturated carbocycles. The molecule has 1 aliphatic heterocycles. The predicted octanol–water partition coefficient (Wildman–Crippen LogP) is 4.47. The number of sulfonamides is 1. The van der Waals surface area contributed by atoms with Gasteiger partial charge in [-0.05, 0) is 36.2 Å². The van der Waals surface area contributed by atoms with Gasteiger partial charge in [-0.1, -0.05) is 78.9 Å². The molecule has 7 nitrogen and oxygen atoms in total. The summed E-state index contributed by atoms with van der Waals surface area (Å²) in [6.07, 6.45) is 0.675. The zero-order valence-corrected chi connectivity index (χ0v) is 20.7. The number of carbonyl (C=O) groups is 2. The molecule has 0 aliphatic carbocycles. The Kier molecular flexibility index (Phi) is 6.74. The molecule has 8 heteroatoms. The van der Waals surface area contributed by atoms with Crippen molar-refractivity contribution >= 4 is 33.2 Å². The minimum atomic E-state index is -3.96. The lowest BCUT2D eigenvalue weighted by Gasteiger charge is -2.31. The normalized spacial score (nSPS) is 13.2. The predicted molar refractivity (Wildman–Crippen MR) is 144 cm³/mol. The van der Waals surface area contributed by atoms with E-state index < -0.39 is 22.5 Å². The topological polar surface area (TPSA) is 95.6 Å². The van der Waals surface area contributed by atoms with Crippen molar-refractivity contribution in [1.82, 2.24) is 5.32 Å². The van der Waals surface area contributed by atoms with Crippen molar-refractivity contribution in [2.24, 2.45) is 0 Å². The third-order valence-electron chi connectivity index (χ3n) is 6.19. The fourth-order valence-electron chi connectivity index (χ4n) is 4.42. The molecule has 0 saturated heterocycles. The van der Waals surface area contributed by atoms with Crippen LogP contribution < -0.4 is 14.9 Å². The molecular weight excluding hydrogens is 486 g/mol. The van der Waals surface area contributed by atoms with E-state index in [1.807, 2.05) is 42.5 Å². The summed E-state index contributed by atoms with van der Waals surface area (Å²) in [5.74, 6) is -0.876. The first-order valence-electron chi connectivity index (χ1n) is 11.9. The minimum Gasteiger partial charge on any atom is -0.352 e. The maximum Gasteiger partial charge on any atom is 0.265 e. The summed E-state index contributed by atoms with van der Waals surface area (Å²) in [4.78, 5) is 26.1. The van der Waals surface area contributed by atoms with E-state index in [0.717, 1.165) is 15.4 Å². The Balaban J connectivity index is 1.33. The van der Waals surface area contributed by atoms with Crippen molar-refractivity contribution in [1.29, 1.82) is 0 Å². The number of hydrogen-bond acceptors (Lipinski definition) is 4. The second-order valence-corrected chi connectivity index (χ2v) is 10.4. The smallest absolute Gasteiger partial charge is 0.265 e. The molecule has 0 aromatic heterocycles. The summed E-state index contributed by atoms with van der Waals surface area (Å²) in [6.45, 7) is 0.00494. The van der Waals surface area contributed by atoms with Gasteiger partial charge < -0.3 is 10.6 Å². The lowest BCUT2D eigenvalue weighted by molar-refractivity contribution is -0.114. The van der Waals surface area contributed by atoms with Gasteiger partial charge in [0.15, 0.2) is 0 Å². The number of carbonyl (C=O) groups excluding carboxylic acids is 2. The van der Waals surface area contributed by atoms with Crippen LogP contribution in [0.4, 0.5) is 11.4 Å². The standard InChI is InChI=1S/C29H25N3O4S/c33-28(20-32-26-16-8-5-12-22(26)23-13-6-9-17-27(23)37(32,35)36)31-25-15-7-4-14-24(25)29(34)30-19-18-21-10-2-1-3-11-21/h1-17H,18-20H2,(H,30,34)(H,31,33). The van der Waals surface area contributed by atoms with E-state index >= 15 is 0 Å². The number of amides is 2. The highest BCUT2D eigenvalue weighted by atomic mass is 32.2. The Labute approximate surface area is 215 Å². The molecule has 1 heterocycles. The van der Waals surface area contributed by atoms with E-state index in [9.17, 15) is 18.0 Å².